The number of ether oxygens (including phenoxy) is 2. The Labute approximate surface area is 151 Å². The minimum Gasteiger partial charge on any atom is -0.486 e. The predicted octanol–water partition coefficient (Wildman–Crippen LogP) is 0.732. The molecule has 2 amide bonds. The minimum atomic E-state index is -1.09. The average molecular weight is 364 g/mol. The van der Waals surface area contributed by atoms with Crippen molar-refractivity contribution < 1.29 is 29.0 Å². The van der Waals surface area contributed by atoms with Gasteiger partial charge >= 0.3 is 5.97 Å². The molecule has 3 N–H and O–H groups in total. The molecule has 1 heterocycles. The summed E-state index contributed by atoms with van der Waals surface area (Å²) >= 11 is 0. The molecular formula is C18H24N2O6. The molecule has 0 fully saturated rings. The zero-order chi connectivity index (χ0) is 19.1. The maximum absolute atomic E-state index is 12.0. The van der Waals surface area contributed by atoms with E-state index < -0.39 is 17.9 Å². The highest BCUT2D eigenvalue weighted by atomic mass is 16.6. The van der Waals surface area contributed by atoms with Crippen molar-refractivity contribution in [3.05, 3.63) is 23.8 Å². The monoisotopic (exact) mass is 364 g/mol. The van der Waals surface area contributed by atoms with Crippen LogP contribution >= 0.6 is 0 Å². The average Bonchev–Trinajstić information content (AvgIpc) is 2.59. The van der Waals surface area contributed by atoms with Crippen LogP contribution in [0.15, 0.2) is 18.2 Å². The van der Waals surface area contributed by atoms with Crippen molar-refractivity contribution in [1.82, 2.24) is 10.6 Å². The molecule has 8 heteroatoms. The van der Waals surface area contributed by atoms with Gasteiger partial charge in [-0.1, -0.05) is 19.9 Å². The minimum absolute atomic E-state index is 0.0816. The Kier molecular flexibility index (Phi) is 6.82. The number of carbonyl (C=O) groups is 3. The lowest BCUT2D eigenvalue weighted by Crippen LogP contribution is -2.46. The molecule has 0 bridgehead atoms. The van der Waals surface area contributed by atoms with Crippen molar-refractivity contribution in [3.8, 4) is 11.5 Å². The maximum atomic E-state index is 12.0. The molecule has 0 saturated heterocycles. The second kappa shape index (κ2) is 9.07. The number of hydrogen-bond acceptors (Lipinski definition) is 5. The number of amides is 2. The highest BCUT2D eigenvalue weighted by molar-refractivity contribution is 5.88. The van der Waals surface area contributed by atoms with Gasteiger partial charge < -0.3 is 25.2 Å². The molecule has 2 rings (SSSR count). The van der Waals surface area contributed by atoms with E-state index in [9.17, 15) is 14.4 Å². The molecule has 1 aliphatic heterocycles. The first-order valence-electron chi connectivity index (χ1n) is 8.52. The number of fused-ring (bicyclic) bond motifs is 1. The lowest BCUT2D eigenvalue weighted by molar-refractivity contribution is -0.142. The van der Waals surface area contributed by atoms with Crippen LogP contribution in [-0.2, 0) is 20.8 Å². The number of aliphatic carboxylic acids is 1. The van der Waals surface area contributed by atoms with Crippen LogP contribution in [0.25, 0.3) is 0 Å². The first-order chi connectivity index (χ1) is 12.3. The molecule has 1 aromatic carbocycles. The molecule has 0 spiro atoms. The zero-order valence-electron chi connectivity index (χ0n) is 14.9. The summed E-state index contributed by atoms with van der Waals surface area (Å²) in [7, 11) is 0. The Bertz CT molecular complexity index is 674. The normalized spacial score (nSPS) is 13.8. The Hall–Kier alpha value is -2.77. The van der Waals surface area contributed by atoms with E-state index in [2.05, 4.69) is 10.6 Å². The van der Waals surface area contributed by atoms with Crippen molar-refractivity contribution in [2.45, 2.75) is 32.7 Å². The van der Waals surface area contributed by atoms with Gasteiger partial charge in [-0.15, -0.1) is 0 Å². The summed E-state index contributed by atoms with van der Waals surface area (Å²) < 4.78 is 10.9. The van der Waals surface area contributed by atoms with Crippen LogP contribution in [0.5, 0.6) is 11.5 Å². The topological polar surface area (TPSA) is 114 Å². The summed E-state index contributed by atoms with van der Waals surface area (Å²) in [6.07, 6.45) is 0.407. The fraction of sp³-hybridized carbons (Fsp3) is 0.500. The molecule has 0 aliphatic carbocycles. The van der Waals surface area contributed by atoms with Gasteiger partial charge in [-0.05, 0) is 30.0 Å². The molecule has 26 heavy (non-hydrogen) atoms. The van der Waals surface area contributed by atoms with Gasteiger partial charge in [0.05, 0.1) is 13.0 Å². The van der Waals surface area contributed by atoms with Crippen LogP contribution in [0.4, 0.5) is 0 Å². The Balaban J connectivity index is 1.80. The van der Waals surface area contributed by atoms with Gasteiger partial charge in [-0.3, -0.25) is 9.59 Å². The summed E-state index contributed by atoms with van der Waals surface area (Å²) in [6, 6.07) is 4.28. The highest BCUT2D eigenvalue weighted by Gasteiger charge is 2.21. The number of benzene rings is 1. The molecule has 0 aromatic heterocycles. The fourth-order valence-corrected chi connectivity index (χ4v) is 2.56. The van der Waals surface area contributed by atoms with Crippen molar-refractivity contribution in [3.63, 3.8) is 0 Å². The lowest BCUT2D eigenvalue weighted by atomic mass is 10.0. The highest BCUT2D eigenvalue weighted by Crippen LogP contribution is 2.30. The third kappa shape index (κ3) is 5.94. The fourth-order valence-electron chi connectivity index (χ4n) is 2.56. The van der Waals surface area contributed by atoms with Gasteiger partial charge in [0.2, 0.25) is 11.8 Å². The van der Waals surface area contributed by atoms with E-state index in [1.807, 2.05) is 13.8 Å². The Morgan fingerprint density at radius 1 is 1.12 bits per heavy atom. The number of hydrogen-bond donors (Lipinski definition) is 3. The van der Waals surface area contributed by atoms with E-state index in [1.165, 1.54) is 0 Å². The standard InChI is InChI=1S/C18H24N2O6/c1-11(2)7-13(18(23)24)20-17(22)10-19-16(21)9-12-3-4-14-15(8-12)26-6-5-25-14/h3-4,8,11,13H,5-7,9-10H2,1-2H3,(H,19,21)(H,20,22)(H,23,24)/t13-/m0/s1. The molecule has 8 nitrogen and oxygen atoms in total. The third-order valence-corrected chi connectivity index (χ3v) is 3.76. The van der Waals surface area contributed by atoms with Crippen LogP contribution < -0.4 is 20.1 Å². The van der Waals surface area contributed by atoms with Gasteiger partial charge in [0.25, 0.3) is 0 Å². The smallest absolute Gasteiger partial charge is 0.326 e. The van der Waals surface area contributed by atoms with E-state index in [1.54, 1.807) is 18.2 Å². The first-order valence-corrected chi connectivity index (χ1v) is 8.52. The Morgan fingerprint density at radius 2 is 1.81 bits per heavy atom. The molecular weight excluding hydrogens is 340 g/mol. The van der Waals surface area contributed by atoms with Crippen LogP contribution in [0.3, 0.4) is 0 Å². The first kappa shape index (κ1) is 19.6. The number of nitrogens with one attached hydrogen (secondary N) is 2. The molecule has 142 valence electrons. The Morgan fingerprint density at radius 3 is 2.46 bits per heavy atom. The van der Waals surface area contributed by atoms with Gasteiger partial charge in [0.15, 0.2) is 11.5 Å². The van der Waals surface area contributed by atoms with Crippen molar-refractivity contribution >= 4 is 17.8 Å². The number of carboxylic acid groups (broad SMARTS) is 1. The third-order valence-electron chi connectivity index (χ3n) is 3.76. The van der Waals surface area contributed by atoms with E-state index in [0.717, 1.165) is 5.56 Å². The lowest BCUT2D eigenvalue weighted by Gasteiger charge is -2.19. The zero-order valence-corrected chi connectivity index (χ0v) is 14.9. The second-order valence-electron chi connectivity index (χ2n) is 6.52. The maximum Gasteiger partial charge on any atom is 0.326 e. The predicted molar refractivity (Wildman–Crippen MR) is 93.2 cm³/mol. The van der Waals surface area contributed by atoms with Crippen molar-refractivity contribution in [2.75, 3.05) is 19.8 Å². The molecule has 0 radical (unpaired) electrons. The van der Waals surface area contributed by atoms with Crippen LogP contribution in [-0.4, -0.2) is 48.7 Å². The van der Waals surface area contributed by atoms with E-state index in [-0.39, 0.29) is 24.8 Å². The molecule has 1 atom stereocenters. The van der Waals surface area contributed by atoms with Gasteiger partial charge in [-0.2, -0.15) is 0 Å². The summed E-state index contributed by atoms with van der Waals surface area (Å²) in [4.78, 5) is 35.0. The van der Waals surface area contributed by atoms with E-state index in [0.29, 0.717) is 31.1 Å². The summed E-state index contributed by atoms with van der Waals surface area (Å²) in [5.41, 5.74) is 0.732. The van der Waals surface area contributed by atoms with Gasteiger partial charge in [0.1, 0.15) is 19.3 Å². The second-order valence-corrected chi connectivity index (χ2v) is 6.52. The molecule has 0 saturated carbocycles. The van der Waals surface area contributed by atoms with Crippen LogP contribution in [0.2, 0.25) is 0 Å². The van der Waals surface area contributed by atoms with Crippen LogP contribution in [0.1, 0.15) is 25.8 Å². The SMILES string of the molecule is CC(C)C[C@H](NC(=O)CNC(=O)Cc1ccc2c(c1)OCCO2)C(=O)O. The quantitative estimate of drug-likeness (QED) is 0.627. The van der Waals surface area contributed by atoms with Crippen LogP contribution in [0, 0.1) is 5.92 Å². The molecule has 1 aliphatic rings. The largest absolute Gasteiger partial charge is 0.486 e. The van der Waals surface area contributed by atoms with E-state index in [4.69, 9.17) is 14.6 Å². The van der Waals surface area contributed by atoms with Gasteiger partial charge in [-0.25, -0.2) is 4.79 Å². The van der Waals surface area contributed by atoms with Crippen molar-refractivity contribution in [1.29, 1.82) is 0 Å². The summed E-state index contributed by atoms with van der Waals surface area (Å²) in [5, 5.41) is 14.0. The molecule has 0 unspecified atom stereocenters. The van der Waals surface area contributed by atoms with E-state index >= 15 is 0 Å². The number of carboxylic acids is 1. The van der Waals surface area contributed by atoms with Gasteiger partial charge in [0, 0.05) is 0 Å². The number of carbonyl (C=O) groups excluding carboxylic acids is 2. The summed E-state index contributed by atoms with van der Waals surface area (Å²) in [5.74, 6) is -0.598. The van der Waals surface area contributed by atoms with Crippen molar-refractivity contribution in [2.24, 2.45) is 5.92 Å². The number of rotatable bonds is 8. The molecule has 1 aromatic rings. The summed E-state index contributed by atoms with van der Waals surface area (Å²) in [6.45, 7) is 4.43.